The van der Waals surface area contributed by atoms with Gasteiger partial charge in [-0.05, 0) is 52.7 Å². The summed E-state index contributed by atoms with van der Waals surface area (Å²) in [5, 5.41) is 5.47. The van der Waals surface area contributed by atoms with E-state index in [1.165, 1.54) is 0 Å². The molecule has 29 heavy (non-hydrogen) atoms. The van der Waals surface area contributed by atoms with Crippen LogP contribution in [0.3, 0.4) is 0 Å². The third-order valence-electron chi connectivity index (χ3n) is 4.58. The van der Waals surface area contributed by atoms with Crippen LogP contribution in [0.5, 0.6) is 0 Å². The average Bonchev–Trinajstić information content (AvgIpc) is 2.63. The minimum absolute atomic E-state index is 0.0527. The molecule has 2 radical (unpaired) electrons. The minimum Gasteiger partial charge on any atom is -0.385 e. The van der Waals surface area contributed by atoms with E-state index >= 15 is 0 Å². The van der Waals surface area contributed by atoms with Crippen LogP contribution in [0.2, 0.25) is 0 Å². The Morgan fingerprint density at radius 2 is 1.62 bits per heavy atom. The van der Waals surface area contributed by atoms with Gasteiger partial charge in [0, 0.05) is 34.7 Å². The second kappa shape index (κ2) is 10.6. The maximum Gasteiger partial charge on any atom is 0.251 e. The summed E-state index contributed by atoms with van der Waals surface area (Å²) in [6.45, 7) is 11.4. The largest absolute Gasteiger partial charge is 0.385 e. The zero-order chi connectivity index (χ0) is 22.2. The van der Waals surface area contributed by atoms with Gasteiger partial charge in [-0.1, -0.05) is 26.0 Å². The second-order valence-corrected chi connectivity index (χ2v) is 8.57. The van der Waals surface area contributed by atoms with E-state index in [0.29, 0.717) is 24.2 Å². The van der Waals surface area contributed by atoms with Crippen LogP contribution >= 0.6 is 0 Å². The number of carbonyl (C=O) groups excluding carboxylic acids is 3. The number of benzene rings is 1. The molecular formula is C22H33BN2O4. The van der Waals surface area contributed by atoms with Crippen molar-refractivity contribution in [3.8, 4) is 0 Å². The topological polar surface area (TPSA) is 84.5 Å². The van der Waals surface area contributed by atoms with Gasteiger partial charge < -0.3 is 15.4 Å². The third-order valence-corrected chi connectivity index (χ3v) is 4.58. The molecule has 1 aromatic rings. The molecule has 0 spiro atoms. The van der Waals surface area contributed by atoms with Gasteiger partial charge in [0.2, 0.25) is 5.91 Å². The van der Waals surface area contributed by atoms with Gasteiger partial charge in [-0.25, -0.2) is 0 Å². The summed E-state index contributed by atoms with van der Waals surface area (Å²) in [7, 11) is 5.77. The highest BCUT2D eigenvalue weighted by atomic mass is 16.5. The first-order chi connectivity index (χ1) is 13.3. The van der Waals surface area contributed by atoms with E-state index in [9.17, 15) is 14.4 Å². The second-order valence-electron chi connectivity index (χ2n) is 8.57. The molecule has 6 nitrogen and oxygen atoms in total. The number of ketones is 1. The molecule has 158 valence electrons. The molecule has 0 aliphatic heterocycles. The summed E-state index contributed by atoms with van der Waals surface area (Å²) in [4.78, 5) is 36.6. The number of hydrogen-bond donors (Lipinski definition) is 2. The number of ether oxygens (including phenoxy) is 1. The van der Waals surface area contributed by atoms with E-state index in [1.54, 1.807) is 38.1 Å². The lowest BCUT2D eigenvalue weighted by Crippen LogP contribution is -2.48. The first-order valence-corrected chi connectivity index (χ1v) is 10.0. The predicted octanol–water partition coefficient (Wildman–Crippen LogP) is 2.85. The van der Waals surface area contributed by atoms with Crippen molar-refractivity contribution in [2.24, 2.45) is 5.92 Å². The van der Waals surface area contributed by atoms with Crippen LogP contribution in [0.15, 0.2) is 24.3 Å². The van der Waals surface area contributed by atoms with Crippen molar-refractivity contribution in [3.05, 3.63) is 35.4 Å². The van der Waals surface area contributed by atoms with E-state index in [-0.39, 0.29) is 30.1 Å². The van der Waals surface area contributed by atoms with Gasteiger partial charge in [-0.3, -0.25) is 14.4 Å². The molecular weight excluding hydrogens is 367 g/mol. The fraction of sp³-hybridized carbons (Fsp3) is 0.591. The molecule has 2 N–H and O–H groups in total. The van der Waals surface area contributed by atoms with Crippen LogP contribution in [-0.2, 0) is 9.53 Å². The van der Waals surface area contributed by atoms with Crippen molar-refractivity contribution in [2.45, 2.75) is 65.4 Å². The van der Waals surface area contributed by atoms with E-state index in [2.05, 4.69) is 10.6 Å². The van der Waals surface area contributed by atoms with Gasteiger partial charge in [-0.2, -0.15) is 0 Å². The van der Waals surface area contributed by atoms with Gasteiger partial charge in [0.15, 0.2) is 5.78 Å². The number of hydrogen-bond acceptors (Lipinski definition) is 4. The van der Waals surface area contributed by atoms with E-state index in [0.717, 1.165) is 6.42 Å². The van der Waals surface area contributed by atoms with Crippen molar-refractivity contribution >= 4 is 25.4 Å². The average molecular weight is 400 g/mol. The highest BCUT2D eigenvalue weighted by Gasteiger charge is 2.22. The fourth-order valence-electron chi connectivity index (χ4n) is 2.57. The number of Topliss-reactive ketones (excluding diaryl/α,β-unsaturated/α-hetero) is 1. The predicted molar refractivity (Wildman–Crippen MR) is 115 cm³/mol. The SMILES string of the molecule is [B]C(C)(C)OCCC(C)(C)NC(=O)CNC(=O)c1ccc(C(=O)C(C)CC)cc1. The zero-order valence-electron chi connectivity index (χ0n) is 18.4. The van der Waals surface area contributed by atoms with Crippen molar-refractivity contribution in [3.63, 3.8) is 0 Å². The lowest BCUT2D eigenvalue weighted by molar-refractivity contribution is -0.122. The Bertz CT molecular complexity index is 709. The number of carbonyl (C=O) groups is 3. The van der Waals surface area contributed by atoms with E-state index in [4.69, 9.17) is 12.6 Å². The summed E-state index contributed by atoms with van der Waals surface area (Å²) in [5.41, 5.74) is -0.233. The Hall–Kier alpha value is -2.15. The van der Waals surface area contributed by atoms with E-state index < -0.39 is 11.0 Å². The number of rotatable bonds is 11. The Kier molecular flexibility index (Phi) is 9.08. The minimum atomic E-state index is -0.719. The summed E-state index contributed by atoms with van der Waals surface area (Å²) in [6.07, 6.45) is 1.35. The van der Waals surface area contributed by atoms with Crippen LogP contribution < -0.4 is 10.6 Å². The third kappa shape index (κ3) is 9.26. The first kappa shape index (κ1) is 24.9. The van der Waals surface area contributed by atoms with Crippen molar-refractivity contribution < 1.29 is 19.1 Å². The van der Waals surface area contributed by atoms with Crippen LogP contribution in [-0.4, -0.2) is 49.6 Å². The quantitative estimate of drug-likeness (QED) is 0.442. The molecule has 0 aromatic heterocycles. The van der Waals surface area contributed by atoms with Gasteiger partial charge in [0.25, 0.3) is 5.91 Å². The highest BCUT2D eigenvalue weighted by molar-refractivity contribution is 6.13. The van der Waals surface area contributed by atoms with Gasteiger partial charge in [-0.15, -0.1) is 0 Å². The maximum absolute atomic E-state index is 12.3. The molecule has 1 atom stereocenters. The Morgan fingerprint density at radius 1 is 1.07 bits per heavy atom. The first-order valence-electron chi connectivity index (χ1n) is 10.0. The lowest BCUT2D eigenvalue weighted by Gasteiger charge is -2.28. The summed E-state index contributed by atoms with van der Waals surface area (Å²) < 4.78 is 5.48. The van der Waals surface area contributed by atoms with Crippen LogP contribution in [0, 0.1) is 5.92 Å². The van der Waals surface area contributed by atoms with Gasteiger partial charge >= 0.3 is 0 Å². The standard InChI is InChI=1S/C22H33BN2O4/c1-7-15(2)19(27)16-8-10-17(11-9-16)20(28)24-14-18(26)25-21(3,4)12-13-29-22(5,6)23/h8-11,15H,7,12-14H2,1-6H3,(H,24,28)(H,25,26). The maximum atomic E-state index is 12.3. The summed E-state index contributed by atoms with van der Waals surface area (Å²) in [6, 6.07) is 6.48. The molecule has 1 unspecified atom stereocenters. The summed E-state index contributed by atoms with van der Waals surface area (Å²) in [5.74, 6) is -0.654. The van der Waals surface area contributed by atoms with Crippen LogP contribution in [0.25, 0.3) is 0 Å². The molecule has 1 aromatic carbocycles. The molecule has 0 aliphatic carbocycles. The number of nitrogens with one attached hydrogen (secondary N) is 2. The number of amides is 2. The van der Waals surface area contributed by atoms with Crippen molar-refractivity contribution in [2.75, 3.05) is 13.2 Å². The highest BCUT2D eigenvalue weighted by Crippen LogP contribution is 2.13. The van der Waals surface area contributed by atoms with Gasteiger partial charge in [0.1, 0.15) is 7.85 Å². The fourth-order valence-corrected chi connectivity index (χ4v) is 2.57. The molecule has 2 amide bonds. The Balaban J connectivity index is 2.51. The zero-order valence-corrected chi connectivity index (χ0v) is 18.4. The normalized spacial score (nSPS) is 12.9. The Labute approximate surface area is 175 Å². The molecule has 0 heterocycles. The smallest absolute Gasteiger partial charge is 0.251 e. The van der Waals surface area contributed by atoms with Crippen LogP contribution in [0.1, 0.15) is 75.1 Å². The molecule has 0 fully saturated rings. The molecule has 0 aliphatic rings. The monoisotopic (exact) mass is 400 g/mol. The molecule has 7 heteroatoms. The lowest BCUT2D eigenvalue weighted by atomic mass is 9.85. The molecule has 0 bridgehead atoms. The van der Waals surface area contributed by atoms with Crippen molar-refractivity contribution in [1.29, 1.82) is 0 Å². The summed E-state index contributed by atoms with van der Waals surface area (Å²) >= 11 is 0. The Morgan fingerprint density at radius 3 is 2.14 bits per heavy atom. The van der Waals surface area contributed by atoms with Crippen LogP contribution in [0.4, 0.5) is 0 Å². The van der Waals surface area contributed by atoms with E-state index in [1.807, 2.05) is 27.7 Å². The molecule has 0 saturated heterocycles. The molecule has 1 rings (SSSR count). The van der Waals surface area contributed by atoms with Crippen molar-refractivity contribution in [1.82, 2.24) is 10.6 Å². The molecule has 0 saturated carbocycles. The van der Waals surface area contributed by atoms with Gasteiger partial charge in [0.05, 0.1) is 6.54 Å².